The lowest BCUT2D eigenvalue weighted by Crippen LogP contribution is -2.28. The number of nitrogens with one attached hydrogen (secondary N) is 1. The van der Waals surface area contributed by atoms with Crippen LogP contribution in [-0.4, -0.2) is 33.0 Å². The van der Waals surface area contributed by atoms with Crippen molar-refractivity contribution < 1.29 is 18.0 Å². The molecule has 0 aliphatic rings. The Bertz CT molecular complexity index is 846. The van der Waals surface area contributed by atoms with Crippen molar-refractivity contribution in [3.63, 3.8) is 0 Å². The molecule has 0 saturated carbocycles. The van der Waals surface area contributed by atoms with Crippen LogP contribution in [0.4, 0.5) is 0 Å². The van der Waals surface area contributed by atoms with Gasteiger partial charge in [0.2, 0.25) is 0 Å². The van der Waals surface area contributed by atoms with Crippen LogP contribution in [0.5, 0.6) is 0 Å². The molecule has 2 aromatic carbocycles. The van der Waals surface area contributed by atoms with Crippen LogP contribution >= 0.6 is 0 Å². The van der Waals surface area contributed by atoms with Crippen LogP contribution in [-0.2, 0) is 14.9 Å². The Morgan fingerprint density at radius 3 is 2.19 bits per heavy atom. The lowest BCUT2D eigenvalue weighted by molar-refractivity contribution is -0.0258. The highest BCUT2D eigenvalue weighted by atomic mass is 32.2. The number of aryl methyl sites for hydroxylation is 1. The summed E-state index contributed by atoms with van der Waals surface area (Å²) in [6, 6.07) is 13.7. The van der Waals surface area contributed by atoms with Crippen LogP contribution < -0.4 is 5.32 Å². The van der Waals surface area contributed by atoms with E-state index in [-0.39, 0.29) is 16.8 Å². The molecule has 6 nitrogen and oxygen atoms in total. The minimum atomic E-state index is -3.73. The number of benzene rings is 2. The lowest BCUT2D eigenvalue weighted by atomic mass is 10.0. The predicted molar refractivity (Wildman–Crippen MR) is 100 cm³/mol. The van der Waals surface area contributed by atoms with Crippen LogP contribution in [0.2, 0.25) is 0 Å². The molecule has 2 rings (SSSR count). The SMILES string of the molecule is CC[C@H](NC(=O)c1ccc(S(=O)(=O)N(C)OC)cc1)c1ccc(C)cc1. The summed E-state index contributed by atoms with van der Waals surface area (Å²) in [5.74, 6) is -0.249. The van der Waals surface area contributed by atoms with E-state index in [2.05, 4.69) is 5.32 Å². The van der Waals surface area contributed by atoms with E-state index >= 15 is 0 Å². The van der Waals surface area contributed by atoms with Gasteiger partial charge in [-0.2, -0.15) is 0 Å². The van der Waals surface area contributed by atoms with Gasteiger partial charge in [0.15, 0.2) is 0 Å². The zero-order chi connectivity index (χ0) is 19.3. The van der Waals surface area contributed by atoms with Gasteiger partial charge in [-0.1, -0.05) is 41.2 Å². The second-order valence-electron chi connectivity index (χ2n) is 5.97. The Balaban J connectivity index is 2.15. The van der Waals surface area contributed by atoms with Gasteiger partial charge < -0.3 is 5.32 Å². The molecule has 0 bridgehead atoms. The largest absolute Gasteiger partial charge is 0.345 e. The summed E-state index contributed by atoms with van der Waals surface area (Å²) in [7, 11) is -1.14. The van der Waals surface area contributed by atoms with Crippen molar-refractivity contribution in [2.75, 3.05) is 14.2 Å². The Kier molecular flexibility index (Phi) is 6.52. The monoisotopic (exact) mass is 376 g/mol. The molecule has 26 heavy (non-hydrogen) atoms. The van der Waals surface area contributed by atoms with Gasteiger partial charge in [-0.25, -0.2) is 8.42 Å². The highest BCUT2D eigenvalue weighted by Gasteiger charge is 2.21. The van der Waals surface area contributed by atoms with Crippen LogP contribution in [0.1, 0.15) is 40.9 Å². The van der Waals surface area contributed by atoms with Gasteiger partial charge >= 0.3 is 0 Å². The third-order valence-corrected chi connectivity index (χ3v) is 5.90. The number of carbonyl (C=O) groups is 1. The maximum Gasteiger partial charge on any atom is 0.264 e. The second kappa shape index (κ2) is 8.44. The number of hydrogen-bond acceptors (Lipinski definition) is 4. The topological polar surface area (TPSA) is 75.7 Å². The molecule has 0 fully saturated rings. The number of amides is 1. The Labute approximate surface area is 154 Å². The van der Waals surface area contributed by atoms with Crippen molar-refractivity contribution in [1.82, 2.24) is 9.79 Å². The summed E-state index contributed by atoms with van der Waals surface area (Å²) in [6.45, 7) is 4.01. The molecule has 0 aliphatic heterocycles. The predicted octanol–water partition coefficient (Wildman–Crippen LogP) is 3.06. The fraction of sp³-hybridized carbons (Fsp3) is 0.316. The lowest BCUT2D eigenvalue weighted by Gasteiger charge is -2.18. The molecule has 0 aromatic heterocycles. The molecule has 2 aromatic rings. The average Bonchev–Trinajstić information content (AvgIpc) is 2.66. The fourth-order valence-corrected chi connectivity index (χ4v) is 3.46. The first kappa shape index (κ1) is 20.1. The van der Waals surface area contributed by atoms with Crippen molar-refractivity contribution in [2.24, 2.45) is 0 Å². The minimum Gasteiger partial charge on any atom is -0.345 e. The fourth-order valence-electron chi connectivity index (χ4n) is 2.49. The molecule has 0 radical (unpaired) electrons. The number of sulfonamides is 1. The van der Waals surface area contributed by atoms with Gasteiger partial charge in [0.25, 0.3) is 15.9 Å². The molecule has 0 aliphatic carbocycles. The minimum absolute atomic E-state index is 0.0592. The van der Waals surface area contributed by atoms with Crippen molar-refractivity contribution in [1.29, 1.82) is 0 Å². The number of nitrogens with zero attached hydrogens (tertiary/aromatic N) is 1. The summed E-state index contributed by atoms with van der Waals surface area (Å²) in [5, 5.41) is 2.99. The number of hydrogen-bond donors (Lipinski definition) is 1. The average molecular weight is 376 g/mol. The molecule has 1 atom stereocenters. The maximum atomic E-state index is 12.5. The molecule has 0 unspecified atom stereocenters. The zero-order valence-corrected chi connectivity index (χ0v) is 16.2. The van der Waals surface area contributed by atoms with E-state index in [9.17, 15) is 13.2 Å². The van der Waals surface area contributed by atoms with Gasteiger partial charge in [-0.15, -0.1) is 0 Å². The van der Waals surface area contributed by atoms with Crippen molar-refractivity contribution in [3.05, 3.63) is 65.2 Å². The first-order valence-corrected chi connectivity index (χ1v) is 9.74. The van der Waals surface area contributed by atoms with E-state index in [1.165, 1.54) is 38.4 Å². The van der Waals surface area contributed by atoms with Gasteiger partial charge in [0.05, 0.1) is 18.0 Å². The molecule has 7 heteroatoms. The van der Waals surface area contributed by atoms with Crippen molar-refractivity contribution in [3.8, 4) is 0 Å². The van der Waals surface area contributed by atoms with E-state index in [0.29, 0.717) is 5.56 Å². The van der Waals surface area contributed by atoms with E-state index in [1.807, 2.05) is 38.1 Å². The molecular weight excluding hydrogens is 352 g/mol. The summed E-state index contributed by atoms with van der Waals surface area (Å²) < 4.78 is 25.1. The molecule has 0 heterocycles. The molecule has 1 amide bonds. The third-order valence-electron chi connectivity index (χ3n) is 4.20. The van der Waals surface area contributed by atoms with Gasteiger partial charge in [0.1, 0.15) is 0 Å². The molecular formula is C19H24N2O4S. The number of rotatable bonds is 7. The van der Waals surface area contributed by atoms with Crippen LogP contribution in [0, 0.1) is 6.92 Å². The van der Waals surface area contributed by atoms with E-state index in [4.69, 9.17) is 4.84 Å². The van der Waals surface area contributed by atoms with E-state index in [0.717, 1.165) is 22.0 Å². The zero-order valence-electron chi connectivity index (χ0n) is 15.4. The summed E-state index contributed by atoms with van der Waals surface area (Å²) >= 11 is 0. The third kappa shape index (κ3) is 4.49. The molecule has 0 spiro atoms. The number of hydroxylamine groups is 1. The van der Waals surface area contributed by atoms with E-state index < -0.39 is 10.0 Å². The standard InChI is InChI=1S/C19H24N2O4S/c1-5-18(15-8-6-14(2)7-9-15)20-19(22)16-10-12-17(13-11-16)26(23,24)21(3)25-4/h6-13,18H,5H2,1-4H3,(H,20,22)/t18-/m0/s1. The van der Waals surface area contributed by atoms with Crippen LogP contribution in [0.15, 0.2) is 53.4 Å². The van der Waals surface area contributed by atoms with Crippen LogP contribution in [0.3, 0.4) is 0 Å². The Morgan fingerprint density at radius 1 is 1.12 bits per heavy atom. The smallest absolute Gasteiger partial charge is 0.264 e. The number of carbonyl (C=O) groups excluding carboxylic acids is 1. The first-order valence-electron chi connectivity index (χ1n) is 8.30. The highest BCUT2D eigenvalue weighted by Crippen LogP contribution is 2.19. The summed E-state index contributed by atoms with van der Waals surface area (Å²) in [4.78, 5) is 17.3. The molecule has 0 saturated heterocycles. The molecule has 1 N–H and O–H groups in total. The summed E-state index contributed by atoms with van der Waals surface area (Å²) in [5.41, 5.74) is 2.59. The normalized spacial score (nSPS) is 12.8. The van der Waals surface area contributed by atoms with Crippen molar-refractivity contribution >= 4 is 15.9 Å². The van der Waals surface area contributed by atoms with Gasteiger partial charge in [0, 0.05) is 12.6 Å². The molecule has 140 valence electrons. The Morgan fingerprint density at radius 2 is 1.69 bits per heavy atom. The summed E-state index contributed by atoms with van der Waals surface area (Å²) in [6.07, 6.45) is 0.750. The van der Waals surface area contributed by atoms with Crippen LogP contribution in [0.25, 0.3) is 0 Å². The highest BCUT2D eigenvalue weighted by molar-refractivity contribution is 7.89. The second-order valence-corrected chi connectivity index (χ2v) is 7.90. The van der Waals surface area contributed by atoms with Gasteiger partial charge in [-0.3, -0.25) is 9.63 Å². The van der Waals surface area contributed by atoms with Crippen molar-refractivity contribution in [2.45, 2.75) is 31.2 Å². The maximum absolute atomic E-state index is 12.5. The quantitative estimate of drug-likeness (QED) is 0.754. The Hall–Kier alpha value is -2.22. The van der Waals surface area contributed by atoms with E-state index in [1.54, 1.807) is 0 Å². The van der Waals surface area contributed by atoms with Gasteiger partial charge in [-0.05, 0) is 43.2 Å². The first-order chi connectivity index (χ1) is 12.3.